The lowest BCUT2D eigenvalue weighted by molar-refractivity contribution is -0.0697. The van der Waals surface area contributed by atoms with Crippen LogP contribution >= 0.6 is 15.9 Å². The molecule has 3 nitrogen and oxygen atoms in total. The van der Waals surface area contributed by atoms with Gasteiger partial charge in [0.2, 0.25) is 0 Å². The quantitative estimate of drug-likeness (QED) is 0.859. The fraction of sp³-hybridized carbons (Fsp3) is 0.533. The number of benzene rings is 1. The highest BCUT2D eigenvalue weighted by Crippen LogP contribution is 2.42. The second-order valence-corrected chi connectivity index (χ2v) is 6.76. The van der Waals surface area contributed by atoms with Gasteiger partial charge in [-0.15, -0.1) is 0 Å². The maximum Gasteiger partial charge on any atom is 0.113 e. The van der Waals surface area contributed by atoms with Crippen molar-refractivity contribution in [2.45, 2.75) is 31.2 Å². The lowest BCUT2D eigenvalue weighted by atomic mass is 9.84. The Hall–Kier alpha value is -0.870. The zero-order valence-corrected chi connectivity index (χ0v) is 12.4. The fourth-order valence-corrected chi connectivity index (χ4v) is 3.75. The van der Waals surface area contributed by atoms with E-state index < -0.39 is 0 Å². The fourth-order valence-electron chi connectivity index (χ4n) is 3.40. The minimum absolute atomic E-state index is 0.0181. The lowest BCUT2D eigenvalue weighted by Crippen LogP contribution is -2.61. The first kappa shape index (κ1) is 11.9. The third-order valence-electron chi connectivity index (χ3n) is 4.52. The Morgan fingerprint density at radius 1 is 1.26 bits per heavy atom. The second kappa shape index (κ2) is 4.32. The zero-order valence-electron chi connectivity index (χ0n) is 10.8. The van der Waals surface area contributed by atoms with Crippen LogP contribution in [0.15, 0.2) is 27.7 Å². The summed E-state index contributed by atoms with van der Waals surface area (Å²) in [6.45, 7) is 1.51. The summed E-state index contributed by atoms with van der Waals surface area (Å²) in [7, 11) is 0. The van der Waals surface area contributed by atoms with Gasteiger partial charge in [-0.25, -0.2) is 4.99 Å². The monoisotopic (exact) mass is 320 g/mol. The molecule has 0 atom stereocenters. The molecule has 0 radical (unpaired) electrons. The molecule has 0 aromatic heterocycles. The Labute approximate surface area is 121 Å². The lowest BCUT2D eigenvalue weighted by Gasteiger charge is -2.46. The molecule has 1 spiro atoms. The Morgan fingerprint density at radius 2 is 2.05 bits per heavy atom. The molecular formula is C15H17BrN2O. The summed E-state index contributed by atoms with van der Waals surface area (Å²) in [5.74, 6) is 1.80. The van der Waals surface area contributed by atoms with Gasteiger partial charge in [-0.3, -0.25) is 0 Å². The van der Waals surface area contributed by atoms with E-state index in [1.165, 1.54) is 37.1 Å². The van der Waals surface area contributed by atoms with E-state index in [0.29, 0.717) is 5.92 Å². The number of aliphatic imine (C=N–C) groups is 1. The van der Waals surface area contributed by atoms with E-state index in [0.717, 1.165) is 23.4 Å². The van der Waals surface area contributed by atoms with Crippen LogP contribution in [0.4, 0.5) is 5.69 Å². The number of hydrogen-bond donors (Lipinski definition) is 1. The van der Waals surface area contributed by atoms with Crippen molar-refractivity contribution in [1.29, 1.82) is 0 Å². The van der Waals surface area contributed by atoms with Gasteiger partial charge in [-0.2, -0.15) is 0 Å². The zero-order chi connectivity index (χ0) is 12.9. The normalized spacial score (nSPS) is 24.6. The van der Waals surface area contributed by atoms with Gasteiger partial charge in [-0.1, -0.05) is 34.8 Å². The highest BCUT2D eigenvalue weighted by molar-refractivity contribution is 9.10. The molecule has 100 valence electrons. The summed E-state index contributed by atoms with van der Waals surface area (Å²) in [4.78, 5) is 4.89. The van der Waals surface area contributed by atoms with Crippen LogP contribution in [-0.4, -0.2) is 19.0 Å². The predicted molar refractivity (Wildman–Crippen MR) is 78.8 cm³/mol. The van der Waals surface area contributed by atoms with E-state index >= 15 is 0 Å². The Kier molecular flexibility index (Phi) is 2.71. The standard InChI is InChI=1S/C15H17BrN2O/c16-11-5-6-12-13(7-11)17-14(10-3-1-2-4-10)18-15(12)8-19-9-15/h5-7,10H,1-4,8-9H2,(H,17,18). The van der Waals surface area contributed by atoms with E-state index in [9.17, 15) is 0 Å². The van der Waals surface area contributed by atoms with Crippen LogP contribution in [0.3, 0.4) is 0 Å². The van der Waals surface area contributed by atoms with Gasteiger partial charge in [0.25, 0.3) is 0 Å². The van der Waals surface area contributed by atoms with Crippen LogP contribution in [0.25, 0.3) is 0 Å². The first-order valence-corrected chi connectivity index (χ1v) is 7.81. The first-order valence-electron chi connectivity index (χ1n) is 7.01. The predicted octanol–water partition coefficient (Wildman–Crippen LogP) is 3.50. The molecule has 2 aliphatic heterocycles. The second-order valence-electron chi connectivity index (χ2n) is 5.84. The van der Waals surface area contributed by atoms with Gasteiger partial charge in [0, 0.05) is 16.0 Å². The van der Waals surface area contributed by atoms with Crippen LogP contribution in [-0.2, 0) is 10.3 Å². The summed E-state index contributed by atoms with van der Waals surface area (Å²) in [6, 6.07) is 6.39. The van der Waals surface area contributed by atoms with E-state index in [-0.39, 0.29) is 5.54 Å². The number of nitrogens with zero attached hydrogens (tertiary/aromatic N) is 1. The molecule has 1 aromatic rings. The third-order valence-corrected chi connectivity index (χ3v) is 5.02. The molecule has 1 saturated heterocycles. The Balaban J connectivity index is 1.79. The van der Waals surface area contributed by atoms with Crippen molar-refractivity contribution in [1.82, 2.24) is 5.32 Å². The molecule has 4 rings (SSSR count). The van der Waals surface area contributed by atoms with Gasteiger partial charge in [0.15, 0.2) is 0 Å². The molecule has 1 aliphatic carbocycles. The van der Waals surface area contributed by atoms with Gasteiger partial charge in [0.05, 0.1) is 18.9 Å². The summed E-state index contributed by atoms with van der Waals surface area (Å²) in [5, 5.41) is 3.69. The van der Waals surface area contributed by atoms with Crippen molar-refractivity contribution in [3.63, 3.8) is 0 Å². The van der Waals surface area contributed by atoms with Crippen molar-refractivity contribution >= 4 is 27.5 Å². The number of nitrogens with one attached hydrogen (secondary N) is 1. The number of ether oxygens (including phenoxy) is 1. The highest BCUT2D eigenvalue weighted by Gasteiger charge is 2.45. The van der Waals surface area contributed by atoms with Gasteiger partial charge >= 0.3 is 0 Å². The SMILES string of the molecule is Brc1ccc2c(c1)N=C(C1CCCC1)NC21COC1. The van der Waals surface area contributed by atoms with E-state index in [4.69, 9.17) is 9.73 Å². The molecule has 2 heterocycles. The van der Waals surface area contributed by atoms with Crippen LogP contribution in [0.1, 0.15) is 31.2 Å². The Bertz CT molecular complexity index is 545. The van der Waals surface area contributed by atoms with E-state index in [1.54, 1.807) is 0 Å². The number of halogens is 1. The van der Waals surface area contributed by atoms with Gasteiger partial charge < -0.3 is 10.1 Å². The van der Waals surface area contributed by atoms with Crippen molar-refractivity contribution in [2.24, 2.45) is 10.9 Å². The smallest absolute Gasteiger partial charge is 0.113 e. The maximum absolute atomic E-state index is 5.48. The average Bonchev–Trinajstić information content (AvgIpc) is 2.88. The summed E-state index contributed by atoms with van der Waals surface area (Å²) in [5.41, 5.74) is 2.37. The molecule has 0 amide bonds. The average molecular weight is 321 g/mol. The van der Waals surface area contributed by atoms with Crippen LogP contribution in [0.2, 0.25) is 0 Å². The van der Waals surface area contributed by atoms with E-state index in [1.807, 2.05) is 0 Å². The number of hydrogen-bond acceptors (Lipinski definition) is 3. The molecule has 4 heteroatoms. The topological polar surface area (TPSA) is 33.6 Å². The molecule has 0 bridgehead atoms. The minimum atomic E-state index is -0.0181. The highest BCUT2D eigenvalue weighted by atomic mass is 79.9. The van der Waals surface area contributed by atoms with Crippen molar-refractivity contribution in [3.05, 3.63) is 28.2 Å². The van der Waals surface area contributed by atoms with Gasteiger partial charge in [0.1, 0.15) is 11.4 Å². The molecule has 1 saturated carbocycles. The largest absolute Gasteiger partial charge is 0.376 e. The summed E-state index contributed by atoms with van der Waals surface area (Å²) >= 11 is 3.55. The molecule has 2 fully saturated rings. The molecule has 3 aliphatic rings. The van der Waals surface area contributed by atoms with Crippen molar-refractivity contribution in [2.75, 3.05) is 13.2 Å². The van der Waals surface area contributed by atoms with Crippen LogP contribution < -0.4 is 5.32 Å². The van der Waals surface area contributed by atoms with E-state index in [2.05, 4.69) is 39.4 Å². The molecular weight excluding hydrogens is 304 g/mol. The number of amidine groups is 1. The first-order chi connectivity index (χ1) is 9.27. The Morgan fingerprint density at radius 3 is 2.74 bits per heavy atom. The summed E-state index contributed by atoms with van der Waals surface area (Å²) in [6.07, 6.45) is 5.21. The molecule has 0 unspecified atom stereocenters. The van der Waals surface area contributed by atoms with Crippen LogP contribution in [0, 0.1) is 5.92 Å². The minimum Gasteiger partial charge on any atom is -0.376 e. The molecule has 19 heavy (non-hydrogen) atoms. The third kappa shape index (κ3) is 1.84. The van der Waals surface area contributed by atoms with Crippen molar-refractivity contribution in [3.8, 4) is 0 Å². The molecule has 1 N–H and O–H groups in total. The number of rotatable bonds is 1. The van der Waals surface area contributed by atoms with Crippen LogP contribution in [0.5, 0.6) is 0 Å². The maximum atomic E-state index is 5.48. The molecule has 1 aromatic carbocycles. The van der Waals surface area contributed by atoms with Crippen molar-refractivity contribution < 1.29 is 4.74 Å². The van der Waals surface area contributed by atoms with Gasteiger partial charge in [-0.05, 0) is 25.0 Å². The summed E-state index contributed by atoms with van der Waals surface area (Å²) < 4.78 is 6.58. The number of fused-ring (bicyclic) bond motifs is 2.